The van der Waals surface area contributed by atoms with Crippen LogP contribution in [-0.4, -0.2) is 21.5 Å². The van der Waals surface area contributed by atoms with Crippen molar-refractivity contribution >= 4 is 11.3 Å². The number of rotatable bonds is 4. The quantitative estimate of drug-likeness (QED) is 0.731. The predicted octanol–water partition coefficient (Wildman–Crippen LogP) is 3.55. The molecule has 4 nitrogen and oxygen atoms in total. The van der Waals surface area contributed by atoms with Crippen molar-refractivity contribution in [2.75, 3.05) is 7.05 Å². The van der Waals surface area contributed by atoms with Gasteiger partial charge >= 0.3 is 4.87 Å². The lowest BCUT2D eigenvalue weighted by molar-refractivity contribution is 0.193. The average molecular weight is 337 g/mol. The Morgan fingerprint density at radius 3 is 2.92 bits per heavy atom. The van der Waals surface area contributed by atoms with Gasteiger partial charge in [0.25, 0.3) is 0 Å². The first-order valence-electron chi connectivity index (χ1n) is 8.12. The lowest BCUT2D eigenvalue weighted by Gasteiger charge is -2.26. The average Bonchev–Trinajstić information content (AvgIpc) is 3.20. The molecule has 1 aliphatic rings. The highest BCUT2D eigenvalue weighted by molar-refractivity contribution is 7.07. The van der Waals surface area contributed by atoms with Gasteiger partial charge in [0.1, 0.15) is 0 Å². The summed E-state index contributed by atoms with van der Waals surface area (Å²) in [6.45, 7) is 0.577. The molecule has 122 valence electrons. The molecule has 24 heavy (non-hydrogen) atoms. The highest BCUT2D eigenvalue weighted by Crippen LogP contribution is 2.35. The minimum atomic E-state index is 0.0637. The van der Waals surface area contributed by atoms with Crippen molar-refractivity contribution in [1.29, 1.82) is 0 Å². The van der Waals surface area contributed by atoms with E-state index < -0.39 is 0 Å². The molecule has 0 saturated heterocycles. The molecule has 0 amide bonds. The molecule has 5 heteroatoms. The summed E-state index contributed by atoms with van der Waals surface area (Å²) in [5.41, 5.74) is 4.56. The van der Waals surface area contributed by atoms with E-state index in [4.69, 9.17) is 0 Å². The van der Waals surface area contributed by atoms with Gasteiger partial charge in [-0.25, -0.2) is 0 Å². The van der Waals surface area contributed by atoms with Gasteiger partial charge in [0.2, 0.25) is 0 Å². The van der Waals surface area contributed by atoms with Crippen LogP contribution in [0.25, 0.3) is 11.4 Å². The first-order chi connectivity index (χ1) is 11.7. The van der Waals surface area contributed by atoms with Crippen LogP contribution in [0.1, 0.15) is 23.6 Å². The summed E-state index contributed by atoms with van der Waals surface area (Å²) in [6.07, 6.45) is 3.98. The molecule has 2 aromatic heterocycles. The molecule has 0 fully saturated rings. The van der Waals surface area contributed by atoms with E-state index >= 15 is 0 Å². The number of hydrogen-bond acceptors (Lipinski definition) is 4. The van der Waals surface area contributed by atoms with Crippen molar-refractivity contribution in [3.05, 3.63) is 74.8 Å². The second-order valence-electron chi connectivity index (χ2n) is 6.18. The lowest BCUT2D eigenvalue weighted by atomic mass is 10.1. The molecule has 0 saturated carbocycles. The summed E-state index contributed by atoms with van der Waals surface area (Å²) >= 11 is 1.24. The standard InChI is InChI=1S/C19H19N3OS/c1-21(17-10-9-14-6-2-3-7-15(14)17)13-22-18(12-24-19(22)23)16-8-4-5-11-20-16/h2-8,11-12,17H,9-10,13H2,1H3/t17-/m1/s1. The van der Waals surface area contributed by atoms with Gasteiger partial charge in [0.05, 0.1) is 18.1 Å². The molecule has 4 rings (SSSR count). The van der Waals surface area contributed by atoms with Crippen LogP contribution < -0.4 is 4.87 Å². The van der Waals surface area contributed by atoms with E-state index in [-0.39, 0.29) is 4.87 Å². The monoisotopic (exact) mass is 337 g/mol. The summed E-state index contributed by atoms with van der Waals surface area (Å²) in [5, 5.41) is 1.90. The van der Waals surface area contributed by atoms with E-state index in [1.165, 1.54) is 22.5 Å². The summed E-state index contributed by atoms with van der Waals surface area (Å²) in [6, 6.07) is 14.8. The second kappa shape index (κ2) is 6.34. The van der Waals surface area contributed by atoms with Crippen LogP contribution in [0, 0.1) is 0 Å². The smallest absolute Gasteiger partial charge is 0.284 e. The molecule has 3 aromatic rings. The van der Waals surface area contributed by atoms with Gasteiger partial charge in [0.15, 0.2) is 0 Å². The number of nitrogens with zero attached hydrogens (tertiary/aromatic N) is 3. The molecule has 2 heterocycles. The molecule has 0 spiro atoms. The van der Waals surface area contributed by atoms with Gasteiger partial charge in [-0.15, -0.1) is 0 Å². The van der Waals surface area contributed by atoms with Gasteiger partial charge in [-0.3, -0.25) is 19.2 Å². The van der Waals surface area contributed by atoms with E-state index in [2.05, 4.69) is 41.2 Å². The van der Waals surface area contributed by atoms with Crippen LogP contribution in [0.15, 0.2) is 58.8 Å². The maximum atomic E-state index is 12.3. The van der Waals surface area contributed by atoms with Crippen LogP contribution in [0.4, 0.5) is 0 Å². The Balaban J connectivity index is 1.63. The van der Waals surface area contributed by atoms with E-state index in [1.807, 2.05) is 28.1 Å². The van der Waals surface area contributed by atoms with Crippen molar-refractivity contribution in [2.45, 2.75) is 25.6 Å². The van der Waals surface area contributed by atoms with Crippen molar-refractivity contribution in [3.8, 4) is 11.4 Å². The Kier molecular flexibility index (Phi) is 4.04. The molecule has 0 aliphatic heterocycles. The summed E-state index contributed by atoms with van der Waals surface area (Å²) in [5.74, 6) is 0. The Hall–Kier alpha value is -2.24. The van der Waals surface area contributed by atoms with Crippen LogP contribution >= 0.6 is 11.3 Å². The van der Waals surface area contributed by atoms with E-state index in [9.17, 15) is 4.79 Å². The number of hydrogen-bond donors (Lipinski definition) is 0. The first-order valence-corrected chi connectivity index (χ1v) is 9.00. The van der Waals surface area contributed by atoms with E-state index in [0.717, 1.165) is 24.2 Å². The lowest BCUT2D eigenvalue weighted by Crippen LogP contribution is -2.30. The van der Waals surface area contributed by atoms with E-state index in [1.54, 1.807) is 6.20 Å². The van der Waals surface area contributed by atoms with Gasteiger partial charge in [-0.05, 0) is 43.1 Å². The largest absolute Gasteiger partial charge is 0.308 e. The topological polar surface area (TPSA) is 38.1 Å². The zero-order valence-electron chi connectivity index (χ0n) is 13.6. The highest BCUT2D eigenvalue weighted by Gasteiger charge is 2.26. The van der Waals surface area contributed by atoms with Gasteiger partial charge < -0.3 is 0 Å². The zero-order chi connectivity index (χ0) is 16.5. The molecule has 1 aromatic carbocycles. The van der Waals surface area contributed by atoms with Crippen molar-refractivity contribution in [1.82, 2.24) is 14.5 Å². The van der Waals surface area contributed by atoms with Crippen LogP contribution in [0.2, 0.25) is 0 Å². The number of thiazole rings is 1. The Morgan fingerprint density at radius 2 is 2.08 bits per heavy atom. The Morgan fingerprint density at radius 1 is 1.25 bits per heavy atom. The van der Waals surface area contributed by atoms with Crippen molar-refractivity contribution < 1.29 is 0 Å². The number of pyridine rings is 1. The van der Waals surface area contributed by atoms with Crippen LogP contribution in [0.5, 0.6) is 0 Å². The van der Waals surface area contributed by atoms with Gasteiger partial charge in [-0.2, -0.15) is 0 Å². The Bertz CT molecular complexity index is 900. The maximum Gasteiger partial charge on any atom is 0.308 e. The van der Waals surface area contributed by atoms with Crippen molar-refractivity contribution in [2.24, 2.45) is 0 Å². The first kappa shape index (κ1) is 15.3. The van der Waals surface area contributed by atoms with Crippen LogP contribution in [0.3, 0.4) is 0 Å². The van der Waals surface area contributed by atoms with E-state index in [0.29, 0.717) is 12.7 Å². The molecule has 0 bridgehead atoms. The minimum Gasteiger partial charge on any atom is -0.284 e. The third kappa shape index (κ3) is 2.70. The molecule has 1 aliphatic carbocycles. The molecule has 0 N–H and O–H groups in total. The number of aryl methyl sites for hydroxylation is 1. The molecule has 1 atom stereocenters. The minimum absolute atomic E-state index is 0.0637. The fraction of sp³-hybridized carbons (Fsp3) is 0.263. The zero-order valence-corrected chi connectivity index (χ0v) is 14.4. The maximum absolute atomic E-state index is 12.3. The molecular weight excluding hydrogens is 318 g/mol. The molecule has 0 unspecified atom stereocenters. The third-order valence-corrected chi connectivity index (χ3v) is 5.47. The normalized spacial score (nSPS) is 16.5. The summed E-state index contributed by atoms with van der Waals surface area (Å²) in [7, 11) is 2.10. The van der Waals surface area contributed by atoms with Crippen LogP contribution in [-0.2, 0) is 13.1 Å². The number of benzene rings is 1. The SMILES string of the molecule is CN(Cn1c(-c2ccccn2)csc1=O)[C@@H]1CCc2ccccc21. The highest BCUT2D eigenvalue weighted by atomic mass is 32.1. The fourth-order valence-electron chi connectivity index (χ4n) is 3.49. The predicted molar refractivity (Wildman–Crippen MR) is 97.1 cm³/mol. The molecular formula is C19H19N3OS. The summed E-state index contributed by atoms with van der Waals surface area (Å²) < 4.78 is 1.83. The molecule has 0 radical (unpaired) electrons. The number of aromatic nitrogens is 2. The summed E-state index contributed by atoms with van der Waals surface area (Å²) in [4.78, 5) is 19.1. The van der Waals surface area contributed by atoms with Gasteiger partial charge in [0, 0.05) is 17.6 Å². The third-order valence-electron chi connectivity index (χ3n) is 4.71. The fourth-order valence-corrected chi connectivity index (χ4v) is 4.24. The number of fused-ring (bicyclic) bond motifs is 1. The Labute approximate surface area is 145 Å². The second-order valence-corrected chi connectivity index (χ2v) is 7.00. The van der Waals surface area contributed by atoms with Gasteiger partial charge in [-0.1, -0.05) is 41.7 Å². The van der Waals surface area contributed by atoms with Crippen molar-refractivity contribution in [3.63, 3.8) is 0 Å².